The van der Waals surface area contributed by atoms with Gasteiger partial charge in [-0.1, -0.05) is 0 Å². The summed E-state index contributed by atoms with van der Waals surface area (Å²) in [5, 5.41) is 5.62. The minimum absolute atomic E-state index is 0.0427. The van der Waals surface area contributed by atoms with Crippen molar-refractivity contribution in [3.63, 3.8) is 0 Å². The number of benzene rings is 1. The molecule has 0 unspecified atom stereocenters. The predicted octanol–water partition coefficient (Wildman–Crippen LogP) is 1.53. The third-order valence-corrected chi connectivity index (χ3v) is 4.09. The molecular formula is C18H27N3O5. The summed E-state index contributed by atoms with van der Waals surface area (Å²) in [6.45, 7) is 4.17. The van der Waals surface area contributed by atoms with E-state index in [0.717, 1.165) is 6.42 Å². The molecule has 144 valence electrons. The van der Waals surface area contributed by atoms with Crippen molar-refractivity contribution >= 4 is 17.6 Å². The molecule has 1 atom stereocenters. The number of urea groups is 1. The largest absolute Gasteiger partial charge is 0.493 e. The van der Waals surface area contributed by atoms with E-state index >= 15 is 0 Å². The number of nitrogens with zero attached hydrogens (tertiary/aromatic N) is 1. The standard InChI is InChI=1S/C18H27N3O5/c1-4-26-9-5-8-19-18(23)20-13-10-17(22)21(12-13)14-6-7-15(24-2)16(11-14)25-3/h6-7,11,13H,4-5,8-10,12H2,1-3H3,(H2,19,20,23)/t13-/m1/s1. The smallest absolute Gasteiger partial charge is 0.315 e. The van der Waals surface area contributed by atoms with Gasteiger partial charge in [0.25, 0.3) is 0 Å². The zero-order valence-electron chi connectivity index (χ0n) is 15.5. The maximum Gasteiger partial charge on any atom is 0.315 e. The molecule has 2 N–H and O–H groups in total. The van der Waals surface area contributed by atoms with E-state index < -0.39 is 0 Å². The van der Waals surface area contributed by atoms with Crippen molar-refractivity contribution in [2.45, 2.75) is 25.8 Å². The number of ether oxygens (including phenoxy) is 3. The summed E-state index contributed by atoms with van der Waals surface area (Å²) < 4.78 is 15.7. The molecule has 1 aliphatic heterocycles. The predicted molar refractivity (Wildman–Crippen MR) is 97.9 cm³/mol. The van der Waals surface area contributed by atoms with E-state index in [-0.39, 0.29) is 24.4 Å². The quantitative estimate of drug-likeness (QED) is 0.648. The highest BCUT2D eigenvalue weighted by molar-refractivity contribution is 5.97. The van der Waals surface area contributed by atoms with Crippen LogP contribution >= 0.6 is 0 Å². The normalized spacial score (nSPS) is 16.5. The Morgan fingerprint density at radius 3 is 2.73 bits per heavy atom. The molecule has 0 aliphatic carbocycles. The Morgan fingerprint density at radius 2 is 2.04 bits per heavy atom. The van der Waals surface area contributed by atoms with Crippen molar-refractivity contribution in [1.29, 1.82) is 0 Å². The van der Waals surface area contributed by atoms with Gasteiger partial charge in [0.2, 0.25) is 5.91 Å². The van der Waals surface area contributed by atoms with E-state index in [1.165, 1.54) is 0 Å². The Morgan fingerprint density at radius 1 is 1.27 bits per heavy atom. The Kier molecular flexibility index (Phi) is 7.53. The van der Waals surface area contributed by atoms with Gasteiger partial charge in [-0.2, -0.15) is 0 Å². The molecule has 0 aromatic heterocycles. The maximum atomic E-state index is 12.3. The summed E-state index contributed by atoms with van der Waals surface area (Å²) in [7, 11) is 3.11. The highest BCUT2D eigenvalue weighted by Crippen LogP contribution is 2.33. The monoisotopic (exact) mass is 365 g/mol. The zero-order valence-corrected chi connectivity index (χ0v) is 15.5. The molecule has 1 heterocycles. The van der Waals surface area contributed by atoms with Crippen LogP contribution in [0, 0.1) is 0 Å². The fourth-order valence-corrected chi connectivity index (χ4v) is 2.80. The van der Waals surface area contributed by atoms with Crippen LogP contribution in [0.1, 0.15) is 19.8 Å². The lowest BCUT2D eigenvalue weighted by Crippen LogP contribution is -2.43. The summed E-state index contributed by atoms with van der Waals surface area (Å²) >= 11 is 0. The maximum absolute atomic E-state index is 12.3. The van der Waals surface area contributed by atoms with Crippen molar-refractivity contribution < 1.29 is 23.8 Å². The Labute approximate surface area is 153 Å². The summed E-state index contributed by atoms with van der Waals surface area (Å²) in [4.78, 5) is 25.9. The lowest BCUT2D eigenvalue weighted by molar-refractivity contribution is -0.117. The van der Waals surface area contributed by atoms with Gasteiger partial charge < -0.3 is 29.7 Å². The number of carbonyl (C=O) groups excluding carboxylic acids is 2. The van der Waals surface area contributed by atoms with Crippen LogP contribution in [0.2, 0.25) is 0 Å². The van der Waals surface area contributed by atoms with E-state index in [4.69, 9.17) is 14.2 Å². The highest BCUT2D eigenvalue weighted by atomic mass is 16.5. The number of amides is 3. The summed E-state index contributed by atoms with van der Waals surface area (Å²) in [5.41, 5.74) is 0.717. The molecular weight excluding hydrogens is 338 g/mol. The number of hydrogen-bond donors (Lipinski definition) is 2. The summed E-state index contributed by atoms with van der Waals surface area (Å²) in [6, 6.07) is 4.81. The van der Waals surface area contributed by atoms with Crippen LogP contribution in [-0.2, 0) is 9.53 Å². The lowest BCUT2D eigenvalue weighted by atomic mass is 10.2. The van der Waals surface area contributed by atoms with Gasteiger partial charge in [0.05, 0.1) is 20.3 Å². The molecule has 1 saturated heterocycles. The molecule has 1 aromatic carbocycles. The lowest BCUT2D eigenvalue weighted by Gasteiger charge is -2.19. The third-order valence-electron chi connectivity index (χ3n) is 4.09. The van der Waals surface area contributed by atoms with Crippen LogP contribution in [0.15, 0.2) is 18.2 Å². The van der Waals surface area contributed by atoms with Gasteiger partial charge in [0, 0.05) is 44.5 Å². The van der Waals surface area contributed by atoms with E-state index in [1.807, 2.05) is 6.92 Å². The van der Waals surface area contributed by atoms with Gasteiger partial charge >= 0.3 is 6.03 Å². The number of methoxy groups -OCH3 is 2. The molecule has 0 radical (unpaired) electrons. The first kappa shape index (κ1) is 19.8. The Hall–Kier alpha value is -2.48. The third kappa shape index (κ3) is 5.26. The molecule has 2 rings (SSSR count). The zero-order chi connectivity index (χ0) is 18.9. The number of hydrogen-bond acceptors (Lipinski definition) is 5. The van der Waals surface area contributed by atoms with Crippen LogP contribution in [0.4, 0.5) is 10.5 Å². The Bertz CT molecular complexity index is 623. The van der Waals surface area contributed by atoms with E-state index in [1.54, 1.807) is 37.3 Å². The van der Waals surface area contributed by atoms with E-state index in [9.17, 15) is 9.59 Å². The molecule has 0 spiro atoms. The van der Waals surface area contributed by atoms with Crippen LogP contribution < -0.4 is 25.0 Å². The second kappa shape index (κ2) is 9.86. The Balaban J connectivity index is 1.87. The average Bonchev–Trinajstić information content (AvgIpc) is 3.00. The van der Waals surface area contributed by atoms with Gasteiger partial charge in [-0.05, 0) is 25.5 Å². The number of carbonyl (C=O) groups is 2. The minimum Gasteiger partial charge on any atom is -0.493 e. The first-order valence-corrected chi connectivity index (χ1v) is 8.73. The van der Waals surface area contributed by atoms with Crippen LogP contribution in [0.3, 0.4) is 0 Å². The van der Waals surface area contributed by atoms with Crippen molar-refractivity contribution in [1.82, 2.24) is 10.6 Å². The van der Waals surface area contributed by atoms with E-state index in [0.29, 0.717) is 43.5 Å². The van der Waals surface area contributed by atoms with Crippen molar-refractivity contribution in [2.24, 2.45) is 0 Å². The van der Waals surface area contributed by atoms with Gasteiger partial charge in [-0.25, -0.2) is 4.79 Å². The van der Waals surface area contributed by atoms with Crippen molar-refractivity contribution in [3.8, 4) is 11.5 Å². The molecule has 1 fully saturated rings. The highest BCUT2D eigenvalue weighted by Gasteiger charge is 2.32. The van der Waals surface area contributed by atoms with Crippen molar-refractivity contribution in [2.75, 3.05) is 45.4 Å². The minimum atomic E-state index is -0.270. The number of rotatable bonds is 9. The molecule has 0 bridgehead atoms. The SMILES string of the molecule is CCOCCCNC(=O)N[C@@H]1CC(=O)N(c2ccc(OC)c(OC)c2)C1. The molecule has 8 heteroatoms. The molecule has 1 aromatic rings. The topological polar surface area (TPSA) is 89.1 Å². The van der Waals surface area contributed by atoms with Crippen molar-refractivity contribution in [3.05, 3.63) is 18.2 Å². The van der Waals surface area contributed by atoms with E-state index in [2.05, 4.69) is 10.6 Å². The fraction of sp³-hybridized carbons (Fsp3) is 0.556. The van der Waals surface area contributed by atoms with Gasteiger partial charge in [-0.3, -0.25) is 4.79 Å². The van der Waals surface area contributed by atoms with Crippen LogP contribution in [0.25, 0.3) is 0 Å². The fourth-order valence-electron chi connectivity index (χ4n) is 2.80. The first-order chi connectivity index (χ1) is 12.6. The van der Waals surface area contributed by atoms with Gasteiger partial charge in [-0.15, -0.1) is 0 Å². The number of nitrogens with one attached hydrogen (secondary N) is 2. The number of anilines is 1. The molecule has 3 amide bonds. The van der Waals surface area contributed by atoms with Crippen LogP contribution in [-0.4, -0.2) is 58.5 Å². The first-order valence-electron chi connectivity index (χ1n) is 8.73. The summed E-state index contributed by atoms with van der Waals surface area (Å²) in [6.07, 6.45) is 1.02. The van der Waals surface area contributed by atoms with Crippen LogP contribution in [0.5, 0.6) is 11.5 Å². The molecule has 1 aliphatic rings. The second-order valence-corrected chi connectivity index (χ2v) is 5.90. The molecule has 0 saturated carbocycles. The molecule has 8 nitrogen and oxygen atoms in total. The average molecular weight is 365 g/mol. The van der Waals surface area contributed by atoms with Gasteiger partial charge in [0.1, 0.15) is 0 Å². The van der Waals surface area contributed by atoms with Gasteiger partial charge in [0.15, 0.2) is 11.5 Å². The summed E-state index contributed by atoms with van der Waals surface area (Å²) in [5.74, 6) is 1.11. The molecule has 26 heavy (non-hydrogen) atoms. The second-order valence-electron chi connectivity index (χ2n) is 5.90.